The van der Waals surface area contributed by atoms with Gasteiger partial charge in [0.1, 0.15) is 14.8 Å². The van der Waals surface area contributed by atoms with Crippen molar-refractivity contribution in [2.45, 2.75) is 121 Å². The first-order chi connectivity index (χ1) is 27.3. The maximum Gasteiger partial charge on any atom is 0.522 e. The molecule has 2 aromatic carbocycles. The van der Waals surface area contributed by atoms with E-state index in [1.807, 2.05) is 31.3 Å². The first-order valence-electron chi connectivity index (χ1n) is 18.7. The van der Waals surface area contributed by atoms with Gasteiger partial charge >= 0.3 is 30.5 Å². The number of halogens is 14. The predicted octanol–water partition coefficient (Wildman–Crippen LogP) is 12.6. The number of hydrogen-bond acceptors (Lipinski definition) is 4. The summed E-state index contributed by atoms with van der Waals surface area (Å²) in [5.41, 5.74) is 1.80. The van der Waals surface area contributed by atoms with Gasteiger partial charge in [0.15, 0.2) is 13.5 Å². The summed E-state index contributed by atoms with van der Waals surface area (Å²) in [6.45, 7) is 12.5. The summed E-state index contributed by atoms with van der Waals surface area (Å²) >= 11 is 12.9. The lowest BCUT2D eigenvalue weighted by Crippen LogP contribution is -2.56. The van der Waals surface area contributed by atoms with Gasteiger partial charge < -0.3 is 9.80 Å². The molecule has 1 atom stereocenters. The monoisotopic (exact) mass is 1020 g/mol. The number of carbonyl (C=O) groups is 2. The van der Waals surface area contributed by atoms with Gasteiger partial charge in [0.2, 0.25) is 5.91 Å². The fourth-order valence-electron chi connectivity index (χ4n) is 5.70. The van der Waals surface area contributed by atoms with E-state index in [1.54, 1.807) is 24.1 Å². The van der Waals surface area contributed by atoms with Crippen molar-refractivity contribution in [3.8, 4) is 0 Å². The standard InChI is InChI=1S/C18H31ClFNOSi2.C16H23ClF5NO2Si2.C3H2F6O.CH4/c1-21(18(22)11-6-7-12-20)16-9-8-10-17(15-16)23(2,3)13-14-24(4,5)19;1-23(14(24)15(19,25-10-18)16(20,21)22)12-7-6-8-13(9-12)26(2,3)11-27(4,5)17;4-2(5,6)1-10-3(7,8)9;/h8-10,15H,6-7,11-14H2,1-5H3;6-9H,10-11H2,1-5H3;1H2;1H4. The number of anilines is 2. The highest BCUT2D eigenvalue weighted by Crippen LogP contribution is 2.38. The molecule has 0 N–H and O–H groups in total. The molecule has 0 aliphatic heterocycles. The van der Waals surface area contributed by atoms with Crippen LogP contribution in [0.2, 0.25) is 70.1 Å². The van der Waals surface area contributed by atoms with Crippen LogP contribution in [0.5, 0.6) is 0 Å². The summed E-state index contributed by atoms with van der Waals surface area (Å²) in [6, 6.07) is 17.0. The third-order valence-corrected chi connectivity index (χ3v) is 24.8. The Kier molecular flexibility index (Phi) is 25.0. The largest absolute Gasteiger partial charge is 0.522 e. The van der Waals surface area contributed by atoms with E-state index < -0.39 is 74.9 Å². The molecule has 0 bridgehead atoms. The van der Waals surface area contributed by atoms with Crippen LogP contribution >= 0.6 is 22.2 Å². The Labute approximate surface area is 371 Å². The lowest BCUT2D eigenvalue weighted by molar-refractivity contribution is -0.352. The molecular weight excluding hydrogens is 960 g/mol. The van der Waals surface area contributed by atoms with E-state index in [2.05, 4.69) is 60.9 Å². The summed E-state index contributed by atoms with van der Waals surface area (Å²) < 4.78 is 149. The van der Waals surface area contributed by atoms with Crippen molar-refractivity contribution in [1.82, 2.24) is 0 Å². The van der Waals surface area contributed by atoms with Gasteiger partial charge in [-0.05, 0) is 48.8 Å². The number of amides is 2. The summed E-state index contributed by atoms with van der Waals surface area (Å²) in [5, 5.41) is 2.22. The maximum absolute atomic E-state index is 14.2. The summed E-state index contributed by atoms with van der Waals surface area (Å²) in [5.74, 6) is -6.75. The van der Waals surface area contributed by atoms with Crippen molar-refractivity contribution in [2.24, 2.45) is 0 Å². The molecule has 0 saturated carbocycles. The molecule has 0 fully saturated rings. The van der Waals surface area contributed by atoms with Crippen LogP contribution < -0.4 is 20.2 Å². The average Bonchev–Trinajstić information content (AvgIpc) is 3.11. The first-order valence-corrected chi connectivity index (χ1v) is 33.6. The minimum atomic E-state index is -5.72. The molecule has 0 aliphatic rings. The van der Waals surface area contributed by atoms with E-state index in [0.29, 0.717) is 24.2 Å². The first kappa shape index (κ1) is 62.0. The Hall–Kier alpha value is -2.09. The number of carbonyl (C=O) groups excluding carboxylic acids is 2. The smallest absolute Gasteiger partial charge is 0.316 e. The van der Waals surface area contributed by atoms with Gasteiger partial charge in [-0.1, -0.05) is 100 Å². The SMILES string of the molecule is C.CN(C(=O)C(F)(OCF)C(F)(F)F)c1cccc([Si](C)(C)C[Si](C)(C)Cl)c1.CN(C(=O)CCCCF)c1cccc([Si](C)(C)CC[Si](C)(C)Cl)c1.FC(F)(F)COC(F)(F)F. The van der Waals surface area contributed by atoms with Gasteiger partial charge in [0.05, 0.1) is 22.8 Å². The molecule has 360 valence electrons. The Morgan fingerprint density at radius 1 is 0.661 bits per heavy atom. The van der Waals surface area contributed by atoms with E-state index in [0.717, 1.165) is 29.6 Å². The zero-order valence-electron chi connectivity index (χ0n) is 35.8. The van der Waals surface area contributed by atoms with E-state index in [1.165, 1.54) is 17.3 Å². The second kappa shape index (κ2) is 25.0. The molecule has 0 heterocycles. The summed E-state index contributed by atoms with van der Waals surface area (Å²) in [4.78, 5) is 26.6. The van der Waals surface area contributed by atoms with Gasteiger partial charge in [0.25, 0.3) is 0 Å². The minimum absolute atomic E-state index is 0. The number of likely N-dealkylation sites (N-methyl/N-ethyl adjacent to an activating group) is 1. The number of unbranched alkanes of at least 4 members (excludes halogenated alkanes) is 1. The van der Waals surface area contributed by atoms with Gasteiger partial charge in [-0.3, -0.25) is 23.5 Å². The number of hydrogen-bond donors (Lipinski definition) is 0. The normalized spacial score (nSPS) is 13.7. The van der Waals surface area contributed by atoms with Crippen LogP contribution in [0.3, 0.4) is 0 Å². The Morgan fingerprint density at radius 3 is 1.50 bits per heavy atom. The van der Waals surface area contributed by atoms with Crippen LogP contribution in [-0.2, 0) is 19.1 Å². The maximum atomic E-state index is 14.2. The Morgan fingerprint density at radius 2 is 1.13 bits per heavy atom. The zero-order valence-corrected chi connectivity index (χ0v) is 41.3. The van der Waals surface area contributed by atoms with Gasteiger partial charge in [-0.25, -0.2) is 4.39 Å². The van der Waals surface area contributed by atoms with Crippen LogP contribution in [-0.4, -0.2) is 102 Å². The molecule has 62 heavy (non-hydrogen) atoms. The highest BCUT2D eigenvalue weighted by Gasteiger charge is 2.65. The Bertz CT molecular complexity index is 1660. The van der Waals surface area contributed by atoms with Crippen molar-refractivity contribution < 1.29 is 71.7 Å². The zero-order chi connectivity index (χ0) is 48.1. The van der Waals surface area contributed by atoms with Crippen LogP contribution in [0, 0.1) is 0 Å². The topological polar surface area (TPSA) is 59.1 Å². The minimum Gasteiger partial charge on any atom is -0.316 e. The van der Waals surface area contributed by atoms with E-state index in [-0.39, 0.29) is 25.7 Å². The molecule has 0 spiro atoms. The highest BCUT2D eigenvalue weighted by atomic mass is 35.6. The number of ether oxygens (including phenoxy) is 2. The van der Waals surface area contributed by atoms with Gasteiger partial charge in [-0.15, -0.1) is 13.2 Å². The molecule has 24 heteroatoms. The lowest BCUT2D eigenvalue weighted by atomic mass is 10.2. The summed E-state index contributed by atoms with van der Waals surface area (Å²) in [7, 11) is -4.30. The molecular formula is C38H60Cl2F12N2O4Si4. The fourth-order valence-corrected chi connectivity index (χ4v) is 26.1. The second-order valence-corrected chi connectivity index (χ2v) is 40.8. The van der Waals surface area contributed by atoms with Crippen LogP contribution in [0.1, 0.15) is 26.7 Å². The van der Waals surface area contributed by atoms with Crippen LogP contribution in [0.15, 0.2) is 48.5 Å². The number of alkyl halides is 12. The highest BCUT2D eigenvalue weighted by molar-refractivity contribution is 7.24. The fraction of sp³-hybridized carbons (Fsp3) is 0.632. The van der Waals surface area contributed by atoms with E-state index in [4.69, 9.17) is 22.2 Å². The molecule has 2 amide bonds. The van der Waals surface area contributed by atoms with Gasteiger partial charge in [0, 0.05) is 31.9 Å². The van der Waals surface area contributed by atoms with Crippen molar-refractivity contribution >= 4 is 86.6 Å². The number of rotatable bonds is 17. The molecule has 0 radical (unpaired) electrons. The van der Waals surface area contributed by atoms with Crippen molar-refractivity contribution in [3.05, 3.63) is 48.5 Å². The molecule has 2 aromatic rings. The summed E-state index contributed by atoms with van der Waals surface area (Å²) in [6.07, 6.45) is -14.4. The molecule has 1 unspecified atom stereocenters. The molecule has 6 nitrogen and oxygen atoms in total. The van der Waals surface area contributed by atoms with Crippen LogP contribution in [0.25, 0.3) is 0 Å². The number of nitrogens with zero attached hydrogens (tertiary/aromatic N) is 2. The third-order valence-electron chi connectivity index (χ3n) is 8.98. The number of benzene rings is 2. The van der Waals surface area contributed by atoms with E-state index in [9.17, 15) is 62.3 Å². The van der Waals surface area contributed by atoms with E-state index >= 15 is 0 Å². The Balaban J connectivity index is 0. The third kappa shape index (κ3) is 23.2. The van der Waals surface area contributed by atoms with Crippen molar-refractivity contribution in [2.75, 3.05) is 44.0 Å². The predicted molar refractivity (Wildman–Crippen MR) is 237 cm³/mol. The van der Waals surface area contributed by atoms with Crippen molar-refractivity contribution in [3.63, 3.8) is 0 Å². The van der Waals surface area contributed by atoms with Crippen LogP contribution in [0.4, 0.5) is 64.1 Å². The lowest BCUT2D eigenvalue weighted by Gasteiger charge is -2.31. The molecule has 0 saturated heterocycles. The second-order valence-electron chi connectivity index (χ2n) is 16.6. The van der Waals surface area contributed by atoms with Gasteiger partial charge in [-0.2, -0.15) is 52.9 Å². The quantitative estimate of drug-likeness (QED) is 0.0686. The molecule has 0 aromatic heterocycles. The molecule has 2 rings (SSSR count). The van der Waals surface area contributed by atoms with Crippen molar-refractivity contribution in [1.29, 1.82) is 0 Å². The average molecular weight is 1020 g/mol. The molecule has 0 aliphatic carbocycles.